The van der Waals surface area contributed by atoms with Crippen molar-refractivity contribution in [2.45, 2.75) is 62.7 Å². The van der Waals surface area contributed by atoms with Crippen LogP contribution in [0.3, 0.4) is 0 Å². The maximum absolute atomic E-state index is 13.3. The minimum absolute atomic E-state index is 0.237. The van der Waals surface area contributed by atoms with Gasteiger partial charge in [0.25, 0.3) is 0 Å². The van der Waals surface area contributed by atoms with E-state index in [2.05, 4.69) is 77.4 Å². The second-order valence-corrected chi connectivity index (χ2v) is 15.7. The van der Waals surface area contributed by atoms with Gasteiger partial charge in [0.05, 0.1) is 46.9 Å². The van der Waals surface area contributed by atoms with E-state index < -0.39 is 0 Å². The van der Waals surface area contributed by atoms with E-state index in [1.165, 1.54) is 68.4 Å². The molecule has 13 heteroatoms. The van der Waals surface area contributed by atoms with Crippen molar-refractivity contribution in [1.29, 1.82) is 0 Å². The molecular formula is C45H49F2N11. The summed E-state index contributed by atoms with van der Waals surface area (Å²) in [5, 5.41) is 14.8. The van der Waals surface area contributed by atoms with Gasteiger partial charge >= 0.3 is 0 Å². The van der Waals surface area contributed by atoms with E-state index >= 15 is 0 Å². The van der Waals surface area contributed by atoms with Crippen molar-refractivity contribution in [2.24, 2.45) is 23.3 Å². The third-order valence-corrected chi connectivity index (χ3v) is 12.0. The lowest BCUT2D eigenvalue weighted by molar-refractivity contribution is 0.525. The summed E-state index contributed by atoms with van der Waals surface area (Å²) in [7, 11) is 1.50. The molecule has 298 valence electrons. The Kier molecular flexibility index (Phi) is 10.5. The van der Waals surface area contributed by atoms with Crippen molar-refractivity contribution in [1.82, 2.24) is 29.5 Å². The Hall–Kier alpha value is -5.92. The summed E-state index contributed by atoms with van der Waals surface area (Å²) >= 11 is 0. The van der Waals surface area contributed by atoms with Crippen LogP contribution in [0.25, 0.3) is 33.2 Å². The first kappa shape index (κ1) is 37.6. The lowest BCUT2D eigenvalue weighted by atomic mass is 10.0. The highest BCUT2D eigenvalue weighted by atomic mass is 19.1. The summed E-state index contributed by atoms with van der Waals surface area (Å²) in [5.41, 5.74) is 17.1. The topological polar surface area (TPSA) is 132 Å². The Morgan fingerprint density at radius 1 is 0.586 bits per heavy atom. The van der Waals surface area contributed by atoms with Gasteiger partial charge in [-0.3, -0.25) is 0 Å². The average molecular weight is 782 g/mol. The number of fused-ring (bicyclic) bond motifs is 2. The molecule has 2 saturated carbocycles. The number of aromatic nitrogens is 6. The van der Waals surface area contributed by atoms with Gasteiger partial charge in [-0.1, -0.05) is 0 Å². The Bertz CT molecular complexity index is 2460. The molecule has 4 aromatic carbocycles. The molecule has 5 N–H and O–H groups in total. The van der Waals surface area contributed by atoms with Crippen LogP contribution >= 0.6 is 0 Å². The van der Waals surface area contributed by atoms with Crippen molar-refractivity contribution in [2.75, 3.05) is 35.3 Å². The Morgan fingerprint density at radius 2 is 1.05 bits per heavy atom. The first-order valence-electron chi connectivity index (χ1n) is 20.3. The number of rotatable bonds is 8. The highest BCUT2D eigenvalue weighted by Crippen LogP contribution is 2.44. The van der Waals surface area contributed by atoms with Crippen LogP contribution in [0.4, 0.5) is 26.1 Å². The van der Waals surface area contributed by atoms with Gasteiger partial charge in [-0.2, -0.15) is 10.2 Å². The molecule has 0 amide bonds. The number of anilines is 3. The molecule has 5 heterocycles. The number of nitrogens with zero attached hydrogens (tertiary/aromatic N) is 8. The first-order valence-corrected chi connectivity index (χ1v) is 20.3. The summed E-state index contributed by atoms with van der Waals surface area (Å²) in [6.07, 6.45) is 14.6. The SMILES string of the molecule is CN.Fc1ccc(-n2ncc3cc(N4CC[C@H](Nc5ncccn5)[C@H]4C4CC4)ccc32)cc1.N[C@H]1CCN(c2ccc3c(cnn3-c3ccc(F)cc3)c2)[C@@H]1C1CC1. The molecule has 0 bridgehead atoms. The number of nitrogens with one attached hydrogen (secondary N) is 1. The van der Waals surface area contributed by atoms with E-state index in [-0.39, 0.29) is 17.7 Å². The molecule has 0 radical (unpaired) electrons. The van der Waals surface area contributed by atoms with E-state index in [1.54, 1.807) is 36.7 Å². The van der Waals surface area contributed by atoms with Gasteiger partial charge in [0.1, 0.15) is 11.6 Å². The average Bonchev–Trinajstić information content (AvgIpc) is 4.11. The smallest absolute Gasteiger partial charge is 0.222 e. The molecule has 7 aromatic rings. The Labute approximate surface area is 336 Å². The highest BCUT2D eigenvalue weighted by molar-refractivity contribution is 5.85. The van der Waals surface area contributed by atoms with Gasteiger partial charge in [-0.25, -0.2) is 28.1 Å². The maximum atomic E-state index is 13.3. The van der Waals surface area contributed by atoms with E-state index in [1.807, 2.05) is 27.8 Å². The molecule has 4 aliphatic rings. The minimum atomic E-state index is -0.244. The molecule has 4 atom stereocenters. The van der Waals surface area contributed by atoms with Crippen LogP contribution in [0, 0.1) is 23.5 Å². The molecule has 3 aromatic heterocycles. The normalized spacial score (nSPS) is 21.5. The molecule has 0 unspecified atom stereocenters. The summed E-state index contributed by atoms with van der Waals surface area (Å²) in [4.78, 5) is 13.7. The van der Waals surface area contributed by atoms with E-state index in [9.17, 15) is 8.78 Å². The number of halogens is 2. The maximum Gasteiger partial charge on any atom is 0.222 e. The molecule has 0 spiro atoms. The zero-order valence-corrected chi connectivity index (χ0v) is 32.6. The predicted octanol–water partition coefficient (Wildman–Crippen LogP) is 7.48. The van der Waals surface area contributed by atoms with Crippen LogP contribution in [-0.2, 0) is 0 Å². The molecule has 2 aliphatic heterocycles. The fourth-order valence-electron chi connectivity index (χ4n) is 8.99. The Morgan fingerprint density at radius 3 is 1.57 bits per heavy atom. The predicted molar refractivity (Wildman–Crippen MR) is 227 cm³/mol. The molecule has 4 fully saturated rings. The lowest BCUT2D eigenvalue weighted by Crippen LogP contribution is -2.41. The van der Waals surface area contributed by atoms with Crippen molar-refractivity contribution < 1.29 is 8.78 Å². The van der Waals surface area contributed by atoms with Gasteiger partial charge in [0.15, 0.2) is 0 Å². The second-order valence-electron chi connectivity index (χ2n) is 15.7. The first-order chi connectivity index (χ1) is 28.5. The van der Waals surface area contributed by atoms with E-state index in [0.717, 1.165) is 65.0 Å². The lowest BCUT2D eigenvalue weighted by Gasteiger charge is -2.30. The largest absolute Gasteiger partial charge is 0.367 e. The fraction of sp³-hybridized carbons (Fsp3) is 0.333. The van der Waals surface area contributed by atoms with Gasteiger partial charge in [0.2, 0.25) is 5.95 Å². The van der Waals surface area contributed by atoms with Crippen molar-refractivity contribution in [3.8, 4) is 11.4 Å². The standard InChI is InChI=1S/C24H23FN6.C20H21FN4.CH5N/c25-18-4-6-19(7-5-18)31-22-9-8-20(14-17(22)15-28-31)30-13-10-21(23(30)16-2-3-16)29-24-26-11-1-12-27-24;21-15-3-5-16(6-4-15)25-19-8-7-17(11-14(19)12-23-25)24-10-9-18(22)20(24)13-1-2-13;1-2/h1,4-9,11-12,14-16,21,23H,2-3,10,13H2,(H,26,27,29);3-8,11-13,18,20H,1-2,9-10,22H2;2H2,1H3/t21-,23+;18-,20+;/m00./s1. The number of hydrogen-bond acceptors (Lipinski definition) is 9. The molecular weight excluding hydrogens is 733 g/mol. The van der Waals surface area contributed by atoms with Crippen LogP contribution in [0.1, 0.15) is 38.5 Å². The highest BCUT2D eigenvalue weighted by Gasteiger charge is 2.45. The third kappa shape index (κ3) is 7.59. The second kappa shape index (κ2) is 16.1. The summed E-state index contributed by atoms with van der Waals surface area (Å²) in [5.74, 6) is 1.69. The molecule has 2 saturated heterocycles. The van der Waals surface area contributed by atoms with Crippen molar-refractivity contribution in [3.05, 3.63) is 127 Å². The third-order valence-electron chi connectivity index (χ3n) is 12.0. The van der Waals surface area contributed by atoms with Crippen molar-refractivity contribution >= 4 is 39.1 Å². The van der Waals surface area contributed by atoms with Gasteiger partial charge in [-0.15, -0.1) is 0 Å². The number of benzene rings is 4. The number of hydrogen-bond donors (Lipinski definition) is 3. The number of nitrogens with two attached hydrogens (primary N) is 2. The molecule has 11 rings (SSSR count). The van der Waals surface area contributed by atoms with Gasteiger partial charge in [-0.05, 0) is 148 Å². The molecule has 2 aliphatic carbocycles. The van der Waals surface area contributed by atoms with Gasteiger partial charge in [0, 0.05) is 59.7 Å². The minimum Gasteiger partial charge on any atom is -0.367 e. The fourth-order valence-corrected chi connectivity index (χ4v) is 8.99. The van der Waals surface area contributed by atoms with Gasteiger partial charge < -0.3 is 26.6 Å². The van der Waals surface area contributed by atoms with E-state index in [4.69, 9.17) is 5.73 Å². The quantitative estimate of drug-likeness (QED) is 0.144. The summed E-state index contributed by atoms with van der Waals surface area (Å²) in [6.45, 7) is 2.03. The zero-order valence-electron chi connectivity index (χ0n) is 32.6. The summed E-state index contributed by atoms with van der Waals surface area (Å²) < 4.78 is 30.2. The Balaban J connectivity index is 0.000000147. The van der Waals surface area contributed by atoms with Crippen molar-refractivity contribution in [3.63, 3.8) is 0 Å². The van der Waals surface area contributed by atoms with Crippen LogP contribution in [0.5, 0.6) is 0 Å². The summed E-state index contributed by atoms with van der Waals surface area (Å²) in [6, 6.07) is 29.2. The monoisotopic (exact) mass is 781 g/mol. The van der Waals surface area contributed by atoms with Crippen LogP contribution < -0.4 is 26.6 Å². The molecule has 58 heavy (non-hydrogen) atoms. The van der Waals surface area contributed by atoms with E-state index in [0.29, 0.717) is 30.0 Å². The van der Waals surface area contributed by atoms with Crippen LogP contribution in [0.15, 0.2) is 116 Å². The molecule has 11 nitrogen and oxygen atoms in total. The van der Waals surface area contributed by atoms with Crippen LogP contribution in [0.2, 0.25) is 0 Å². The zero-order chi connectivity index (χ0) is 39.8. The van der Waals surface area contributed by atoms with Crippen LogP contribution in [-0.4, -0.2) is 73.8 Å².